The monoisotopic (exact) mass is 263 g/mol. The highest BCUT2D eigenvalue weighted by atomic mass is 16.1. The van der Waals surface area contributed by atoms with Crippen molar-refractivity contribution in [3.63, 3.8) is 0 Å². The number of hydrogen-bond donors (Lipinski definition) is 0. The number of ketones is 1. The minimum Gasteiger partial charge on any atom is -0.300 e. The summed E-state index contributed by atoms with van der Waals surface area (Å²) in [6, 6.07) is 2.01. The predicted octanol–water partition coefficient (Wildman–Crippen LogP) is 3.93. The number of fused-ring (bicyclic) bond motifs is 2. The lowest BCUT2D eigenvalue weighted by atomic mass is 9.77. The van der Waals surface area contributed by atoms with Crippen LogP contribution in [0.5, 0.6) is 0 Å². The third-order valence-electron chi connectivity index (χ3n) is 5.78. The van der Waals surface area contributed by atoms with E-state index in [1.54, 1.807) is 0 Å². The molecule has 3 rings (SSSR count). The summed E-state index contributed by atoms with van der Waals surface area (Å²) in [6.45, 7) is 2.31. The molecule has 2 aliphatic heterocycles. The Hall–Kier alpha value is -0.370. The van der Waals surface area contributed by atoms with Gasteiger partial charge < -0.3 is 0 Å². The molecule has 0 spiro atoms. The molecule has 19 heavy (non-hydrogen) atoms. The third kappa shape index (κ3) is 2.89. The van der Waals surface area contributed by atoms with Crippen LogP contribution in [0.25, 0.3) is 0 Å². The van der Waals surface area contributed by atoms with Gasteiger partial charge in [-0.05, 0) is 44.4 Å². The van der Waals surface area contributed by atoms with E-state index in [0.717, 1.165) is 24.8 Å². The highest BCUT2D eigenvalue weighted by Crippen LogP contribution is 2.39. The zero-order chi connectivity index (χ0) is 13.2. The van der Waals surface area contributed by atoms with Crippen molar-refractivity contribution in [2.24, 2.45) is 5.92 Å². The molecule has 0 aromatic heterocycles. The van der Waals surface area contributed by atoms with Crippen molar-refractivity contribution in [3.8, 4) is 0 Å². The summed E-state index contributed by atoms with van der Waals surface area (Å²) in [6.07, 6.45) is 14.0. The molecule has 1 aliphatic carbocycles. The Morgan fingerprint density at radius 3 is 2.16 bits per heavy atom. The van der Waals surface area contributed by atoms with Crippen molar-refractivity contribution in [3.05, 3.63) is 0 Å². The number of carbonyl (C=O) groups is 1. The van der Waals surface area contributed by atoms with Gasteiger partial charge in [0.25, 0.3) is 0 Å². The molecule has 0 radical (unpaired) electrons. The lowest BCUT2D eigenvalue weighted by Gasteiger charge is -2.51. The minimum atomic E-state index is 0.533. The summed E-state index contributed by atoms with van der Waals surface area (Å²) in [5.41, 5.74) is 0. The highest BCUT2D eigenvalue weighted by Gasteiger charge is 2.41. The summed E-state index contributed by atoms with van der Waals surface area (Å²) < 4.78 is 0. The number of rotatable bonds is 3. The number of nitrogens with zero attached hydrogens (tertiary/aromatic N) is 1. The second-order valence-electron chi connectivity index (χ2n) is 7.10. The van der Waals surface area contributed by atoms with Crippen molar-refractivity contribution in [1.82, 2.24) is 4.90 Å². The first-order chi connectivity index (χ1) is 9.28. The molecule has 2 saturated heterocycles. The fourth-order valence-electron chi connectivity index (χ4n) is 4.95. The lowest BCUT2D eigenvalue weighted by Crippen LogP contribution is -2.57. The molecule has 108 valence electrons. The lowest BCUT2D eigenvalue weighted by molar-refractivity contribution is -0.129. The van der Waals surface area contributed by atoms with Crippen LogP contribution in [-0.4, -0.2) is 28.8 Å². The predicted molar refractivity (Wildman–Crippen MR) is 78.2 cm³/mol. The summed E-state index contributed by atoms with van der Waals surface area (Å²) in [5, 5.41) is 0. The zero-order valence-electron chi connectivity index (χ0n) is 12.4. The molecule has 3 aliphatic rings. The molecule has 0 N–H and O–H groups in total. The van der Waals surface area contributed by atoms with Crippen LogP contribution in [0, 0.1) is 5.92 Å². The summed E-state index contributed by atoms with van der Waals surface area (Å²) in [4.78, 5) is 14.6. The van der Waals surface area contributed by atoms with Crippen molar-refractivity contribution < 1.29 is 4.79 Å². The quantitative estimate of drug-likeness (QED) is 0.769. The maximum absolute atomic E-state index is 11.8. The highest BCUT2D eigenvalue weighted by molar-refractivity contribution is 5.80. The van der Waals surface area contributed by atoms with Crippen molar-refractivity contribution in [2.45, 2.75) is 95.7 Å². The van der Waals surface area contributed by atoms with Gasteiger partial charge in [-0.1, -0.05) is 26.2 Å². The van der Waals surface area contributed by atoms with Crippen LogP contribution in [0.1, 0.15) is 77.6 Å². The summed E-state index contributed by atoms with van der Waals surface area (Å²) >= 11 is 0. The largest absolute Gasteiger partial charge is 0.300 e. The Kier molecular flexibility index (Phi) is 4.26. The zero-order valence-corrected chi connectivity index (χ0v) is 12.4. The molecule has 2 unspecified atom stereocenters. The summed E-state index contributed by atoms with van der Waals surface area (Å²) in [7, 11) is 0. The van der Waals surface area contributed by atoms with E-state index in [2.05, 4.69) is 11.8 Å². The first-order valence-corrected chi connectivity index (χ1v) is 8.57. The van der Waals surface area contributed by atoms with Crippen molar-refractivity contribution in [2.75, 3.05) is 0 Å². The standard InChI is InChI=1S/C17H29NO/c1-2-4-13-7-9-14(10-8-13)18-15-5-3-6-16(18)12-17(19)11-15/h13-16H,2-12H2,1H3. The molecule has 2 nitrogen and oxygen atoms in total. The van der Waals surface area contributed by atoms with E-state index in [4.69, 9.17) is 0 Å². The molecule has 1 saturated carbocycles. The van der Waals surface area contributed by atoms with Crippen molar-refractivity contribution in [1.29, 1.82) is 0 Å². The van der Waals surface area contributed by atoms with E-state index >= 15 is 0 Å². The van der Waals surface area contributed by atoms with Gasteiger partial charge in [-0.15, -0.1) is 0 Å². The van der Waals surface area contributed by atoms with E-state index in [1.807, 2.05) is 0 Å². The molecule has 2 heteroatoms. The number of Topliss-reactive ketones (excluding diaryl/α,β-unsaturated/α-hetero) is 1. The first-order valence-electron chi connectivity index (χ1n) is 8.57. The van der Waals surface area contributed by atoms with Gasteiger partial charge in [-0.3, -0.25) is 9.69 Å². The molecular formula is C17H29NO. The molecule has 0 amide bonds. The SMILES string of the molecule is CCCC1CCC(N2C3CCCC2CC(=O)C3)CC1. The molecule has 2 heterocycles. The third-order valence-corrected chi connectivity index (χ3v) is 5.78. The number of hydrogen-bond acceptors (Lipinski definition) is 2. The molecule has 2 bridgehead atoms. The Balaban J connectivity index is 1.61. The second kappa shape index (κ2) is 5.95. The van der Waals surface area contributed by atoms with Crippen LogP contribution < -0.4 is 0 Å². The number of carbonyl (C=O) groups excluding carboxylic acids is 1. The molecule has 2 atom stereocenters. The second-order valence-corrected chi connectivity index (χ2v) is 7.10. The van der Waals surface area contributed by atoms with Gasteiger partial charge in [-0.25, -0.2) is 0 Å². The van der Waals surface area contributed by atoms with Gasteiger partial charge in [-0.2, -0.15) is 0 Å². The fourth-order valence-corrected chi connectivity index (χ4v) is 4.95. The van der Waals surface area contributed by atoms with Gasteiger partial charge in [0.1, 0.15) is 5.78 Å². The van der Waals surface area contributed by atoms with E-state index in [1.165, 1.54) is 57.8 Å². The van der Waals surface area contributed by atoms with Crippen LogP contribution in [-0.2, 0) is 4.79 Å². The van der Waals surface area contributed by atoms with E-state index in [-0.39, 0.29) is 0 Å². The van der Waals surface area contributed by atoms with Crippen LogP contribution in [0.15, 0.2) is 0 Å². The van der Waals surface area contributed by atoms with E-state index in [0.29, 0.717) is 17.9 Å². The van der Waals surface area contributed by atoms with Gasteiger partial charge in [0.15, 0.2) is 0 Å². The van der Waals surface area contributed by atoms with E-state index < -0.39 is 0 Å². The van der Waals surface area contributed by atoms with E-state index in [9.17, 15) is 4.79 Å². The molecular weight excluding hydrogens is 234 g/mol. The average Bonchev–Trinajstić information content (AvgIpc) is 2.39. The summed E-state index contributed by atoms with van der Waals surface area (Å²) in [5.74, 6) is 1.53. The van der Waals surface area contributed by atoms with Gasteiger partial charge >= 0.3 is 0 Å². The maximum atomic E-state index is 11.8. The first kappa shape index (κ1) is 13.6. The van der Waals surface area contributed by atoms with Gasteiger partial charge in [0.2, 0.25) is 0 Å². The van der Waals surface area contributed by atoms with Gasteiger partial charge in [0, 0.05) is 31.0 Å². The molecule has 0 aromatic carbocycles. The van der Waals surface area contributed by atoms with Crippen LogP contribution >= 0.6 is 0 Å². The Bertz CT molecular complexity index is 303. The topological polar surface area (TPSA) is 20.3 Å². The Labute approximate surface area is 117 Å². The molecule has 0 aromatic rings. The smallest absolute Gasteiger partial charge is 0.136 e. The van der Waals surface area contributed by atoms with Crippen molar-refractivity contribution >= 4 is 5.78 Å². The Morgan fingerprint density at radius 2 is 1.58 bits per heavy atom. The fraction of sp³-hybridized carbons (Fsp3) is 0.941. The number of piperidine rings is 2. The molecule has 3 fully saturated rings. The minimum absolute atomic E-state index is 0.533. The van der Waals surface area contributed by atoms with Crippen LogP contribution in [0.2, 0.25) is 0 Å². The maximum Gasteiger partial charge on any atom is 0.136 e. The van der Waals surface area contributed by atoms with Crippen LogP contribution in [0.4, 0.5) is 0 Å². The average molecular weight is 263 g/mol. The normalized spacial score (nSPS) is 40.4. The van der Waals surface area contributed by atoms with Gasteiger partial charge in [0.05, 0.1) is 0 Å². The Morgan fingerprint density at radius 1 is 0.947 bits per heavy atom. The van der Waals surface area contributed by atoms with Crippen LogP contribution in [0.3, 0.4) is 0 Å².